The smallest absolute Gasteiger partial charge is 0.255 e. The van der Waals surface area contributed by atoms with Crippen molar-refractivity contribution in [2.45, 2.75) is 13.3 Å². The van der Waals surface area contributed by atoms with Gasteiger partial charge < -0.3 is 14.6 Å². The molecule has 2 aromatic heterocycles. The van der Waals surface area contributed by atoms with Crippen LogP contribution in [0.25, 0.3) is 22.3 Å². The number of nitrogens with one attached hydrogen (secondary N) is 1. The van der Waals surface area contributed by atoms with Crippen LogP contribution in [0.1, 0.15) is 22.3 Å². The predicted octanol–water partition coefficient (Wildman–Crippen LogP) is 3.50. The van der Waals surface area contributed by atoms with Crippen LogP contribution < -0.4 is 15.6 Å². The van der Waals surface area contributed by atoms with Crippen LogP contribution in [0.2, 0.25) is 0 Å². The molecule has 1 amide bonds. The third-order valence-corrected chi connectivity index (χ3v) is 6.57. The highest BCUT2D eigenvalue weighted by atomic mass is 16.3. The topological polar surface area (TPSA) is 91.6 Å². The number of hydrogen-bond acceptors (Lipinski definition) is 7. The molecule has 0 aliphatic carbocycles. The van der Waals surface area contributed by atoms with E-state index >= 15 is 0 Å². The van der Waals surface area contributed by atoms with E-state index in [2.05, 4.69) is 25.1 Å². The van der Waals surface area contributed by atoms with Crippen LogP contribution in [0.3, 0.4) is 0 Å². The molecule has 0 unspecified atom stereocenters. The molecule has 0 saturated carbocycles. The Kier molecular flexibility index (Phi) is 7.04. The van der Waals surface area contributed by atoms with Crippen molar-refractivity contribution < 1.29 is 9.21 Å². The highest BCUT2D eigenvalue weighted by Gasteiger charge is 2.20. The Morgan fingerprint density at radius 3 is 2.47 bits per heavy atom. The Bertz CT molecular complexity index is 1400. The SMILES string of the molecule is Cc1c(-c2ccccc2)oc2c(C(=O)NCCCN3CCN(c4ncccn4)CC3)cccc2c1=O. The Morgan fingerprint density at radius 2 is 1.72 bits per heavy atom. The summed E-state index contributed by atoms with van der Waals surface area (Å²) in [4.78, 5) is 39.3. The van der Waals surface area contributed by atoms with Gasteiger partial charge in [0, 0.05) is 56.2 Å². The van der Waals surface area contributed by atoms with Gasteiger partial charge in [0.15, 0.2) is 11.0 Å². The summed E-state index contributed by atoms with van der Waals surface area (Å²) in [5, 5.41) is 3.42. The molecule has 1 aliphatic rings. The molecule has 8 heteroatoms. The summed E-state index contributed by atoms with van der Waals surface area (Å²) >= 11 is 0. The maximum Gasteiger partial charge on any atom is 0.255 e. The van der Waals surface area contributed by atoms with Crippen LogP contribution in [0.15, 0.2) is 76.2 Å². The zero-order chi connectivity index (χ0) is 24.9. The van der Waals surface area contributed by atoms with E-state index in [0.717, 1.165) is 50.7 Å². The molecule has 0 atom stereocenters. The number of fused-ring (bicyclic) bond motifs is 1. The van der Waals surface area contributed by atoms with Gasteiger partial charge >= 0.3 is 0 Å². The predicted molar refractivity (Wildman–Crippen MR) is 140 cm³/mol. The number of nitrogens with zero attached hydrogens (tertiary/aromatic N) is 4. The van der Waals surface area contributed by atoms with Gasteiger partial charge in [-0.1, -0.05) is 36.4 Å². The second kappa shape index (κ2) is 10.7. The fourth-order valence-electron chi connectivity index (χ4n) is 4.58. The van der Waals surface area contributed by atoms with Gasteiger partial charge in [0.05, 0.1) is 10.9 Å². The number of aromatic nitrogens is 2. The first kappa shape index (κ1) is 23.7. The van der Waals surface area contributed by atoms with E-state index in [1.165, 1.54) is 0 Å². The van der Waals surface area contributed by atoms with Gasteiger partial charge in [0.2, 0.25) is 5.95 Å². The second-order valence-corrected chi connectivity index (χ2v) is 8.92. The van der Waals surface area contributed by atoms with E-state index in [1.807, 2.05) is 36.4 Å². The minimum atomic E-state index is -0.238. The number of carbonyl (C=O) groups excluding carboxylic acids is 1. The van der Waals surface area contributed by atoms with Crippen molar-refractivity contribution in [2.75, 3.05) is 44.2 Å². The molecule has 0 bridgehead atoms. The summed E-state index contributed by atoms with van der Waals surface area (Å²) in [5.74, 6) is 1.03. The molecule has 36 heavy (non-hydrogen) atoms. The number of amides is 1. The van der Waals surface area contributed by atoms with Crippen molar-refractivity contribution in [3.05, 3.63) is 88.3 Å². The number of para-hydroxylation sites is 1. The third-order valence-electron chi connectivity index (χ3n) is 6.57. The van der Waals surface area contributed by atoms with Crippen LogP contribution in [0.5, 0.6) is 0 Å². The fraction of sp³-hybridized carbons (Fsp3) is 0.286. The van der Waals surface area contributed by atoms with Crippen LogP contribution in [0, 0.1) is 6.92 Å². The van der Waals surface area contributed by atoms with E-state index < -0.39 is 0 Å². The molecule has 3 heterocycles. The van der Waals surface area contributed by atoms with Crippen molar-refractivity contribution in [1.82, 2.24) is 20.2 Å². The van der Waals surface area contributed by atoms with E-state index in [-0.39, 0.29) is 11.3 Å². The standard InChI is InChI=1S/C28H29N5O3/c1-20-24(34)22-10-5-11-23(26(22)36-25(20)21-8-3-2-4-9-21)27(35)29-14-7-15-32-16-18-33(19-17-32)28-30-12-6-13-31-28/h2-6,8-13H,7,14-19H2,1H3,(H,29,35). The molecule has 4 aromatic rings. The Balaban J connectivity index is 1.21. The van der Waals surface area contributed by atoms with Crippen molar-refractivity contribution in [1.29, 1.82) is 0 Å². The Labute approximate surface area is 209 Å². The second-order valence-electron chi connectivity index (χ2n) is 8.92. The fourth-order valence-corrected chi connectivity index (χ4v) is 4.58. The van der Waals surface area contributed by atoms with Crippen LogP contribution in [-0.4, -0.2) is 60.0 Å². The zero-order valence-corrected chi connectivity index (χ0v) is 20.3. The monoisotopic (exact) mass is 483 g/mol. The van der Waals surface area contributed by atoms with Gasteiger partial charge in [0.1, 0.15) is 5.76 Å². The first-order chi connectivity index (χ1) is 17.6. The maximum absolute atomic E-state index is 13.0. The van der Waals surface area contributed by atoms with Crippen LogP contribution in [-0.2, 0) is 0 Å². The minimum absolute atomic E-state index is 0.121. The molecular weight excluding hydrogens is 454 g/mol. The lowest BCUT2D eigenvalue weighted by Crippen LogP contribution is -2.47. The van der Waals surface area contributed by atoms with Gasteiger partial charge in [-0.15, -0.1) is 0 Å². The number of benzene rings is 2. The summed E-state index contributed by atoms with van der Waals surface area (Å²) < 4.78 is 6.18. The average Bonchev–Trinajstić information content (AvgIpc) is 2.94. The molecule has 184 valence electrons. The number of piperazine rings is 1. The molecular formula is C28H29N5O3. The lowest BCUT2D eigenvalue weighted by molar-refractivity contribution is 0.0952. The van der Waals surface area contributed by atoms with E-state index in [4.69, 9.17) is 4.42 Å². The zero-order valence-electron chi connectivity index (χ0n) is 20.3. The van der Waals surface area contributed by atoms with E-state index in [9.17, 15) is 9.59 Å². The number of anilines is 1. The number of rotatable bonds is 7. The molecule has 1 N–H and O–H groups in total. The normalized spacial score (nSPS) is 14.2. The highest BCUT2D eigenvalue weighted by Crippen LogP contribution is 2.27. The van der Waals surface area contributed by atoms with Gasteiger partial charge in [-0.3, -0.25) is 14.5 Å². The highest BCUT2D eigenvalue weighted by molar-refractivity contribution is 6.05. The van der Waals surface area contributed by atoms with Gasteiger partial charge in [0.25, 0.3) is 5.91 Å². The summed E-state index contributed by atoms with van der Waals surface area (Å²) in [6.45, 7) is 6.82. The maximum atomic E-state index is 13.0. The van der Waals surface area contributed by atoms with Crippen molar-refractivity contribution in [2.24, 2.45) is 0 Å². The average molecular weight is 484 g/mol. The third kappa shape index (κ3) is 4.99. The van der Waals surface area contributed by atoms with Gasteiger partial charge in [-0.2, -0.15) is 0 Å². The largest absolute Gasteiger partial charge is 0.455 e. The summed E-state index contributed by atoms with van der Waals surface area (Å²) in [6, 6.07) is 16.5. The van der Waals surface area contributed by atoms with E-state index in [0.29, 0.717) is 34.4 Å². The Hall–Kier alpha value is -4.04. The van der Waals surface area contributed by atoms with Crippen LogP contribution in [0.4, 0.5) is 5.95 Å². The molecule has 8 nitrogen and oxygen atoms in total. The van der Waals surface area contributed by atoms with Gasteiger partial charge in [-0.25, -0.2) is 9.97 Å². The molecule has 1 fully saturated rings. The van der Waals surface area contributed by atoms with E-state index in [1.54, 1.807) is 37.5 Å². The summed E-state index contributed by atoms with van der Waals surface area (Å²) in [6.07, 6.45) is 4.36. The Morgan fingerprint density at radius 1 is 0.972 bits per heavy atom. The lowest BCUT2D eigenvalue weighted by Gasteiger charge is -2.34. The first-order valence-corrected chi connectivity index (χ1v) is 12.3. The molecule has 1 aliphatic heterocycles. The summed E-state index contributed by atoms with van der Waals surface area (Å²) in [5.41, 5.74) is 1.92. The number of hydrogen-bond donors (Lipinski definition) is 1. The van der Waals surface area contributed by atoms with Crippen LogP contribution >= 0.6 is 0 Å². The molecule has 5 rings (SSSR count). The quantitative estimate of drug-likeness (QED) is 0.402. The molecule has 0 radical (unpaired) electrons. The first-order valence-electron chi connectivity index (χ1n) is 12.3. The van der Waals surface area contributed by atoms with Gasteiger partial charge in [-0.05, 0) is 38.1 Å². The molecule has 2 aromatic carbocycles. The van der Waals surface area contributed by atoms with Crippen molar-refractivity contribution in [3.8, 4) is 11.3 Å². The molecule has 0 spiro atoms. The minimum Gasteiger partial charge on any atom is -0.455 e. The van der Waals surface area contributed by atoms with Crippen molar-refractivity contribution in [3.63, 3.8) is 0 Å². The summed E-state index contributed by atoms with van der Waals surface area (Å²) in [7, 11) is 0. The van der Waals surface area contributed by atoms with Crippen molar-refractivity contribution >= 4 is 22.8 Å². The molecule has 1 saturated heterocycles. The lowest BCUT2D eigenvalue weighted by atomic mass is 10.0. The number of carbonyl (C=O) groups is 1.